The van der Waals surface area contributed by atoms with Gasteiger partial charge in [-0.3, -0.25) is 0 Å². The van der Waals surface area contributed by atoms with Crippen molar-refractivity contribution < 1.29 is 19.0 Å². The van der Waals surface area contributed by atoms with Crippen LogP contribution >= 0.6 is 0 Å². The standard InChI is InChI=1S/C16H28O4/c1-6-7-8-9-10-13-14(11-12(2)18-13)19-15(17)20-16(3,4)5/h7-8,12-14H,6,9-11H2,1-5H3/b8-7+/t12-,13+,14+/m1/s1. The largest absolute Gasteiger partial charge is 0.509 e. The Bertz CT molecular complexity index is 330. The van der Waals surface area contributed by atoms with E-state index in [9.17, 15) is 4.79 Å². The van der Waals surface area contributed by atoms with Crippen molar-refractivity contribution in [2.24, 2.45) is 0 Å². The first-order valence-electron chi connectivity index (χ1n) is 7.52. The van der Waals surface area contributed by atoms with E-state index < -0.39 is 11.8 Å². The second kappa shape index (κ2) is 7.67. The van der Waals surface area contributed by atoms with Crippen molar-refractivity contribution in [2.45, 2.75) is 84.2 Å². The number of rotatable bonds is 5. The van der Waals surface area contributed by atoms with Gasteiger partial charge in [-0.2, -0.15) is 0 Å². The molecular formula is C16H28O4. The van der Waals surface area contributed by atoms with E-state index in [0.29, 0.717) is 0 Å². The van der Waals surface area contributed by atoms with E-state index >= 15 is 0 Å². The fraction of sp³-hybridized carbons (Fsp3) is 0.812. The summed E-state index contributed by atoms with van der Waals surface area (Å²) in [6.45, 7) is 9.60. The number of allylic oxidation sites excluding steroid dienone is 2. The molecule has 0 spiro atoms. The van der Waals surface area contributed by atoms with Gasteiger partial charge in [-0.15, -0.1) is 0 Å². The highest BCUT2D eigenvalue weighted by Gasteiger charge is 2.36. The molecule has 0 aliphatic carbocycles. The fourth-order valence-corrected chi connectivity index (χ4v) is 2.24. The van der Waals surface area contributed by atoms with Crippen molar-refractivity contribution in [3.63, 3.8) is 0 Å². The summed E-state index contributed by atoms with van der Waals surface area (Å²) in [6.07, 6.45) is 7.18. The lowest BCUT2D eigenvalue weighted by atomic mass is 10.1. The molecule has 1 rings (SSSR count). The Kier molecular flexibility index (Phi) is 6.53. The molecule has 1 saturated heterocycles. The summed E-state index contributed by atoms with van der Waals surface area (Å²) in [5.74, 6) is 0. The Hall–Kier alpha value is -1.03. The Morgan fingerprint density at radius 1 is 1.35 bits per heavy atom. The molecule has 1 aliphatic heterocycles. The van der Waals surface area contributed by atoms with Crippen LogP contribution in [0.1, 0.15) is 60.3 Å². The van der Waals surface area contributed by atoms with Crippen molar-refractivity contribution in [3.05, 3.63) is 12.2 Å². The highest BCUT2D eigenvalue weighted by Crippen LogP contribution is 2.27. The van der Waals surface area contributed by atoms with E-state index in [1.54, 1.807) is 0 Å². The molecule has 0 aromatic rings. The molecule has 0 amide bonds. The van der Waals surface area contributed by atoms with Crippen LogP contribution in [-0.2, 0) is 14.2 Å². The SMILES string of the molecule is CC/C=C/CC[C@@H]1O[C@H](C)C[C@@H]1OC(=O)OC(C)(C)C. The lowest BCUT2D eigenvalue weighted by Crippen LogP contribution is -2.31. The van der Waals surface area contributed by atoms with Crippen LogP contribution in [0.25, 0.3) is 0 Å². The van der Waals surface area contributed by atoms with E-state index in [1.807, 2.05) is 27.7 Å². The van der Waals surface area contributed by atoms with Gasteiger partial charge in [0.15, 0.2) is 0 Å². The number of carbonyl (C=O) groups is 1. The highest BCUT2D eigenvalue weighted by atomic mass is 16.7. The van der Waals surface area contributed by atoms with E-state index in [-0.39, 0.29) is 18.3 Å². The summed E-state index contributed by atoms with van der Waals surface area (Å²) in [4.78, 5) is 11.7. The Morgan fingerprint density at radius 2 is 2.05 bits per heavy atom. The van der Waals surface area contributed by atoms with Gasteiger partial charge in [0.2, 0.25) is 0 Å². The summed E-state index contributed by atoms with van der Waals surface area (Å²) in [5, 5.41) is 0. The van der Waals surface area contributed by atoms with Crippen LogP contribution in [0.2, 0.25) is 0 Å². The Labute approximate surface area is 122 Å². The maximum absolute atomic E-state index is 11.7. The molecule has 1 aliphatic rings. The van der Waals surface area contributed by atoms with Crippen LogP contribution in [0.5, 0.6) is 0 Å². The molecular weight excluding hydrogens is 256 g/mol. The zero-order valence-electron chi connectivity index (χ0n) is 13.3. The number of ether oxygens (including phenoxy) is 3. The molecule has 4 heteroatoms. The van der Waals surface area contributed by atoms with Gasteiger partial charge < -0.3 is 14.2 Å². The van der Waals surface area contributed by atoms with Crippen LogP contribution in [-0.4, -0.2) is 30.1 Å². The molecule has 0 N–H and O–H groups in total. The predicted molar refractivity (Wildman–Crippen MR) is 78.7 cm³/mol. The minimum absolute atomic E-state index is 0.0287. The summed E-state index contributed by atoms with van der Waals surface area (Å²) in [5.41, 5.74) is -0.526. The molecule has 0 unspecified atom stereocenters. The fourth-order valence-electron chi connectivity index (χ4n) is 2.24. The van der Waals surface area contributed by atoms with Gasteiger partial charge in [-0.25, -0.2) is 4.79 Å². The van der Waals surface area contributed by atoms with Gasteiger partial charge in [-0.05, 0) is 47.0 Å². The third kappa shape index (κ3) is 6.42. The minimum atomic E-state index is -0.602. The van der Waals surface area contributed by atoms with Crippen LogP contribution in [0, 0.1) is 0 Å². The van der Waals surface area contributed by atoms with E-state index in [2.05, 4.69) is 19.1 Å². The summed E-state index contributed by atoms with van der Waals surface area (Å²) < 4.78 is 16.4. The van der Waals surface area contributed by atoms with Crippen LogP contribution in [0.15, 0.2) is 12.2 Å². The van der Waals surface area contributed by atoms with Gasteiger partial charge in [0, 0.05) is 6.42 Å². The van der Waals surface area contributed by atoms with E-state index in [0.717, 1.165) is 25.7 Å². The quantitative estimate of drug-likeness (QED) is 0.560. The molecule has 0 aromatic heterocycles. The van der Waals surface area contributed by atoms with Gasteiger partial charge in [0.1, 0.15) is 11.7 Å². The zero-order chi connectivity index (χ0) is 15.2. The molecule has 1 heterocycles. The van der Waals surface area contributed by atoms with Crippen molar-refractivity contribution in [2.75, 3.05) is 0 Å². The molecule has 0 bridgehead atoms. The first kappa shape index (κ1) is 17.0. The topological polar surface area (TPSA) is 44.8 Å². The Morgan fingerprint density at radius 3 is 2.65 bits per heavy atom. The van der Waals surface area contributed by atoms with Crippen molar-refractivity contribution in [1.29, 1.82) is 0 Å². The molecule has 0 radical (unpaired) electrons. The third-order valence-electron chi connectivity index (χ3n) is 3.04. The lowest BCUT2D eigenvalue weighted by molar-refractivity contribution is -0.0484. The molecule has 1 fully saturated rings. The summed E-state index contributed by atoms with van der Waals surface area (Å²) >= 11 is 0. The molecule has 116 valence electrons. The normalized spacial score (nSPS) is 26.9. The summed E-state index contributed by atoms with van der Waals surface area (Å²) in [6, 6.07) is 0. The number of hydrogen-bond donors (Lipinski definition) is 0. The minimum Gasteiger partial charge on any atom is -0.429 e. The van der Waals surface area contributed by atoms with E-state index in [1.165, 1.54) is 0 Å². The lowest BCUT2D eigenvalue weighted by Gasteiger charge is -2.22. The van der Waals surface area contributed by atoms with Crippen molar-refractivity contribution >= 4 is 6.16 Å². The maximum Gasteiger partial charge on any atom is 0.509 e. The Balaban J connectivity index is 2.45. The molecule has 3 atom stereocenters. The first-order valence-corrected chi connectivity index (χ1v) is 7.52. The third-order valence-corrected chi connectivity index (χ3v) is 3.04. The molecule has 0 aromatic carbocycles. The van der Waals surface area contributed by atoms with Gasteiger partial charge in [0.25, 0.3) is 0 Å². The second-order valence-electron chi connectivity index (χ2n) is 6.30. The van der Waals surface area contributed by atoms with Gasteiger partial charge in [-0.1, -0.05) is 19.1 Å². The van der Waals surface area contributed by atoms with Crippen LogP contribution in [0.3, 0.4) is 0 Å². The second-order valence-corrected chi connectivity index (χ2v) is 6.30. The smallest absolute Gasteiger partial charge is 0.429 e. The highest BCUT2D eigenvalue weighted by molar-refractivity contribution is 5.60. The average molecular weight is 284 g/mol. The maximum atomic E-state index is 11.7. The van der Waals surface area contributed by atoms with Gasteiger partial charge >= 0.3 is 6.16 Å². The first-order chi connectivity index (χ1) is 9.31. The number of hydrogen-bond acceptors (Lipinski definition) is 4. The van der Waals surface area contributed by atoms with Crippen molar-refractivity contribution in [1.82, 2.24) is 0 Å². The average Bonchev–Trinajstić information content (AvgIpc) is 2.62. The molecule has 4 nitrogen and oxygen atoms in total. The van der Waals surface area contributed by atoms with Gasteiger partial charge in [0.05, 0.1) is 12.2 Å². The molecule has 20 heavy (non-hydrogen) atoms. The molecule has 0 saturated carbocycles. The van der Waals surface area contributed by atoms with Crippen molar-refractivity contribution in [3.8, 4) is 0 Å². The predicted octanol–water partition coefficient (Wildman–Crippen LogP) is 4.23. The van der Waals surface area contributed by atoms with Crippen LogP contribution < -0.4 is 0 Å². The van der Waals surface area contributed by atoms with Crippen LogP contribution in [0.4, 0.5) is 4.79 Å². The van der Waals surface area contributed by atoms with E-state index in [4.69, 9.17) is 14.2 Å². The summed E-state index contributed by atoms with van der Waals surface area (Å²) in [7, 11) is 0. The number of carbonyl (C=O) groups excluding carboxylic acids is 1. The monoisotopic (exact) mass is 284 g/mol. The zero-order valence-corrected chi connectivity index (χ0v) is 13.3.